The van der Waals surface area contributed by atoms with Crippen molar-refractivity contribution >= 4 is 6.16 Å². The largest absolute Gasteiger partial charge is 0.508 e. The summed E-state index contributed by atoms with van der Waals surface area (Å²) in [6.45, 7) is 15.4. The van der Waals surface area contributed by atoms with Gasteiger partial charge in [-0.3, -0.25) is 0 Å². The molecule has 2 unspecified atom stereocenters. The summed E-state index contributed by atoms with van der Waals surface area (Å²) in [5.41, 5.74) is 2.41. The third-order valence-corrected chi connectivity index (χ3v) is 14.1. The van der Waals surface area contributed by atoms with E-state index in [0.717, 1.165) is 67.6 Å². The standard InChI is InChI=1S/C45H78O3/c1-7-8-9-10-11-12-13-14-15-16-17-18-19-20-21-33-47-43(46)48-38-29-31-44(5)37(34-38)25-26-39-41-28-27-40(36(4)24-22-23-35(2)3)45(41,6)32-30-42(39)44/h14-15,25,35-36,38-42H,7-13,16-24,26-34H2,1-6H3/b15-14+/t36?,38-,39?,40+,41-,42-,44-,45+/m0/s1. The Morgan fingerprint density at radius 2 is 1.50 bits per heavy atom. The summed E-state index contributed by atoms with van der Waals surface area (Å²) in [5.74, 6) is 5.15. The molecule has 0 bridgehead atoms. The highest BCUT2D eigenvalue weighted by Gasteiger charge is 2.59. The van der Waals surface area contributed by atoms with Crippen molar-refractivity contribution in [3.05, 3.63) is 23.8 Å². The second kappa shape index (κ2) is 20.0. The third kappa shape index (κ3) is 10.9. The highest BCUT2D eigenvalue weighted by atomic mass is 16.7. The van der Waals surface area contributed by atoms with E-state index >= 15 is 0 Å². The van der Waals surface area contributed by atoms with Crippen molar-refractivity contribution in [2.24, 2.45) is 46.3 Å². The Hall–Kier alpha value is -1.25. The number of carbonyl (C=O) groups is 1. The van der Waals surface area contributed by atoms with Crippen LogP contribution in [-0.2, 0) is 9.47 Å². The van der Waals surface area contributed by atoms with Crippen LogP contribution in [0.3, 0.4) is 0 Å². The molecule has 4 rings (SSSR count). The van der Waals surface area contributed by atoms with Gasteiger partial charge in [-0.05, 0) is 123 Å². The zero-order chi connectivity index (χ0) is 34.4. The fraction of sp³-hybridized carbons (Fsp3) is 0.889. The average molecular weight is 667 g/mol. The summed E-state index contributed by atoms with van der Waals surface area (Å²) >= 11 is 0. The topological polar surface area (TPSA) is 35.5 Å². The fourth-order valence-corrected chi connectivity index (χ4v) is 11.3. The summed E-state index contributed by atoms with van der Waals surface area (Å²) in [4.78, 5) is 12.6. The van der Waals surface area contributed by atoms with Gasteiger partial charge in [0.15, 0.2) is 0 Å². The van der Waals surface area contributed by atoms with Gasteiger partial charge in [0.05, 0.1) is 6.61 Å². The highest BCUT2D eigenvalue weighted by Crippen LogP contribution is 2.67. The molecular formula is C45H78O3. The maximum Gasteiger partial charge on any atom is 0.508 e. The van der Waals surface area contributed by atoms with Gasteiger partial charge in [-0.2, -0.15) is 0 Å². The third-order valence-electron chi connectivity index (χ3n) is 14.1. The van der Waals surface area contributed by atoms with Crippen LogP contribution >= 0.6 is 0 Å². The smallest absolute Gasteiger partial charge is 0.434 e. The van der Waals surface area contributed by atoms with Crippen molar-refractivity contribution in [2.45, 2.75) is 202 Å². The molecule has 8 atom stereocenters. The summed E-state index contributed by atoms with van der Waals surface area (Å²) in [5, 5.41) is 0. The van der Waals surface area contributed by atoms with Gasteiger partial charge in [0.2, 0.25) is 0 Å². The van der Waals surface area contributed by atoms with Gasteiger partial charge >= 0.3 is 6.16 Å². The lowest BCUT2D eigenvalue weighted by Crippen LogP contribution is -2.51. The molecule has 0 amide bonds. The molecule has 0 aliphatic heterocycles. The number of unbranched alkanes of at least 4 members (excludes halogenated alkanes) is 11. The van der Waals surface area contributed by atoms with E-state index in [1.165, 1.54) is 122 Å². The highest BCUT2D eigenvalue weighted by molar-refractivity contribution is 5.60. The van der Waals surface area contributed by atoms with Crippen LogP contribution in [0.15, 0.2) is 23.8 Å². The molecule has 3 saturated carbocycles. The predicted molar refractivity (Wildman–Crippen MR) is 204 cm³/mol. The van der Waals surface area contributed by atoms with Gasteiger partial charge < -0.3 is 9.47 Å². The zero-order valence-electron chi connectivity index (χ0n) is 32.7. The normalized spacial score (nSPS) is 32.1. The van der Waals surface area contributed by atoms with E-state index in [0.29, 0.717) is 17.4 Å². The minimum absolute atomic E-state index is 0.0149. The monoisotopic (exact) mass is 667 g/mol. The number of hydrogen-bond acceptors (Lipinski definition) is 3. The molecule has 3 heteroatoms. The summed E-state index contributed by atoms with van der Waals surface area (Å²) < 4.78 is 11.4. The number of fused-ring (bicyclic) bond motifs is 5. The number of rotatable bonds is 21. The first-order chi connectivity index (χ1) is 23.2. The zero-order valence-corrected chi connectivity index (χ0v) is 32.7. The summed E-state index contributed by atoms with van der Waals surface area (Å²) in [6.07, 6.45) is 37.7. The molecule has 0 saturated heterocycles. The number of carbonyl (C=O) groups excluding carboxylic acids is 1. The van der Waals surface area contributed by atoms with Crippen LogP contribution in [0, 0.1) is 46.3 Å². The minimum Gasteiger partial charge on any atom is -0.434 e. The Kier molecular flexibility index (Phi) is 16.4. The molecule has 3 nitrogen and oxygen atoms in total. The summed E-state index contributed by atoms with van der Waals surface area (Å²) in [6, 6.07) is 0. The van der Waals surface area contributed by atoms with Crippen molar-refractivity contribution in [3.8, 4) is 0 Å². The van der Waals surface area contributed by atoms with Crippen LogP contribution in [0.1, 0.15) is 196 Å². The SMILES string of the molecule is CCCCCCCC/C=C/CCCCCCCOC(=O)O[C@H]1CC[C@@]2(C)C(=CCC3[C@@H]4CC[C@H](C(C)CCCC(C)C)[C@@]4(C)CC[C@@H]32)C1. The molecule has 276 valence electrons. The van der Waals surface area contributed by atoms with E-state index in [2.05, 4.69) is 59.8 Å². The second-order valence-corrected chi connectivity index (χ2v) is 18.0. The minimum atomic E-state index is -0.443. The van der Waals surface area contributed by atoms with Crippen LogP contribution in [-0.4, -0.2) is 18.9 Å². The maximum atomic E-state index is 12.6. The average Bonchev–Trinajstić information content (AvgIpc) is 3.42. The Morgan fingerprint density at radius 3 is 2.21 bits per heavy atom. The van der Waals surface area contributed by atoms with Gasteiger partial charge in [0.1, 0.15) is 6.10 Å². The van der Waals surface area contributed by atoms with Crippen LogP contribution in [0.4, 0.5) is 4.79 Å². The molecule has 0 spiro atoms. The van der Waals surface area contributed by atoms with Crippen molar-refractivity contribution in [3.63, 3.8) is 0 Å². The first-order valence-electron chi connectivity index (χ1n) is 21.4. The van der Waals surface area contributed by atoms with Crippen LogP contribution in [0.25, 0.3) is 0 Å². The van der Waals surface area contributed by atoms with E-state index in [4.69, 9.17) is 9.47 Å². The first kappa shape index (κ1) is 39.5. The fourth-order valence-electron chi connectivity index (χ4n) is 11.3. The second-order valence-electron chi connectivity index (χ2n) is 18.0. The predicted octanol–water partition coefficient (Wildman–Crippen LogP) is 14.2. The van der Waals surface area contributed by atoms with Crippen molar-refractivity contribution in [2.75, 3.05) is 6.61 Å². The molecule has 0 N–H and O–H groups in total. The van der Waals surface area contributed by atoms with Crippen LogP contribution < -0.4 is 0 Å². The van der Waals surface area contributed by atoms with Crippen LogP contribution in [0.5, 0.6) is 0 Å². The van der Waals surface area contributed by atoms with Crippen molar-refractivity contribution in [1.82, 2.24) is 0 Å². The van der Waals surface area contributed by atoms with E-state index in [1.54, 1.807) is 5.57 Å². The Balaban J connectivity index is 1.10. The lowest BCUT2D eigenvalue weighted by Gasteiger charge is -2.58. The molecule has 48 heavy (non-hydrogen) atoms. The Bertz CT molecular complexity index is 996. The molecule has 0 radical (unpaired) electrons. The number of allylic oxidation sites excluding steroid dienone is 3. The molecular weight excluding hydrogens is 588 g/mol. The van der Waals surface area contributed by atoms with Crippen molar-refractivity contribution in [1.29, 1.82) is 0 Å². The van der Waals surface area contributed by atoms with E-state index < -0.39 is 6.16 Å². The Morgan fingerprint density at radius 1 is 0.812 bits per heavy atom. The number of hydrogen-bond donors (Lipinski definition) is 0. The van der Waals surface area contributed by atoms with E-state index in [1.807, 2.05) is 0 Å². The van der Waals surface area contributed by atoms with E-state index in [9.17, 15) is 4.79 Å². The van der Waals surface area contributed by atoms with Gasteiger partial charge in [-0.15, -0.1) is 0 Å². The van der Waals surface area contributed by atoms with Gasteiger partial charge in [0, 0.05) is 6.42 Å². The lowest BCUT2D eigenvalue weighted by molar-refractivity contribution is -0.0617. The summed E-state index contributed by atoms with van der Waals surface area (Å²) in [7, 11) is 0. The first-order valence-corrected chi connectivity index (χ1v) is 21.4. The van der Waals surface area contributed by atoms with E-state index in [-0.39, 0.29) is 6.10 Å². The van der Waals surface area contributed by atoms with Gasteiger partial charge in [-0.25, -0.2) is 4.79 Å². The van der Waals surface area contributed by atoms with Gasteiger partial charge in [0.25, 0.3) is 0 Å². The Labute approximate surface area is 298 Å². The number of ether oxygens (including phenoxy) is 2. The molecule has 0 aromatic rings. The quantitative estimate of drug-likeness (QED) is 0.0695. The molecule has 4 aliphatic carbocycles. The molecule has 4 aliphatic rings. The van der Waals surface area contributed by atoms with Crippen LogP contribution in [0.2, 0.25) is 0 Å². The lowest BCUT2D eigenvalue weighted by atomic mass is 9.47. The molecule has 0 aromatic carbocycles. The molecule has 3 fully saturated rings. The van der Waals surface area contributed by atoms with Gasteiger partial charge in [-0.1, -0.05) is 136 Å². The maximum absolute atomic E-state index is 12.6. The van der Waals surface area contributed by atoms with Crippen molar-refractivity contribution < 1.29 is 14.3 Å². The molecule has 0 aromatic heterocycles. The molecule has 0 heterocycles.